The molecule has 2 heteroatoms. The lowest BCUT2D eigenvalue weighted by molar-refractivity contribution is 0.0504. The maximum absolute atomic E-state index is 5.53. The highest BCUT2D eigenvalue weighted by Crippen LogP contribution is 2.18. The molecule has 1 aromatic carbocycles. The van der Waals surface area contributed by atoms with Crippen LogP contribution in [0, 0.1) is 6.92 Å². The number of hydrogen-bond donors (Lipinski definition) is 1. The van der Waals surface area contributed by atoms with E-state index in [0.717, 1.165) is 13.2 Å². The van der Waals surface area contributed by atoms with Crippen molar-refractivity contribution in [1.82, 2.24) is 5.32 Å². The van der Waals surface area contributed by atoms with Crippen molar-refractivity contribution in [3.8, 4) is 0 Å². The lowest BCUT2D eigenvalue weighted by Gasteiger charge is -2.29. The molecule has 0 amide bonds. The molecular formula is C12H17NO. The molecule has 2 rings (SSSR count). The van der Waals surface area contributed by atoms with Crippen LogP contribution in [-0.4, -0.2) is 19.3 Å². The van der Waals surface area contributed by atoms with E-state index in [2.05, 4.69) is 43.4 Å². The summed E-state index contributed by atoms with van der Waals surface area (Å²) in [6.07, 6.45) is 0. The Balaban J connectivity index is 2.14. The normalized spacial score (nSPS) is 27.6. The van der Waals surface area contributed by atoms with Crippen molar-refractivity contribution in [2.45, 2.75) is 25.9 Å². The van der Waals surface area contributed by atoms with E-state index in [4.69, 9.17) is 4.74 Å². The molecule has 1 aliphatic heterocycles. The Morgan fingerprint density at radius 1 is 1.36 bits per heavy atom. The van der Waals surface area contributed by atoms with E-state index < -0.39 is 0 Å². The van der Waals surface area contributed by atoms with Crippen LogP contribution >= 0.6 is 0 Å². The van der Waals surface area contributed by atoms with E-state index in [9.17, 15) is 0 Å². The quantitative estimate of drug-likeness (QED) is 0.733. The van der Waals surface area contributed by atoms with E-state index in [1.165, 1.54) is 11.1 Å². The minimum absolute atomic E-state index is 0.360. The van der Waals surface area contributed by atoms with Gasteiger partial charge in [-0.15, -0.1) is 0 Å². The third kappa shape index (κ3) is 2.14. The van der Waals surface area contributed by atoms with Crippen molar-refractivity contribution in [2.24, 2.45) is 0 Å². The molecule has 1 N–H and O–H groups in total. The largest absolute Gasteiger partial charge is 0.378 e. The Kier molecular flexibility index (Phi) is 2.85. The molecule has 0 radical (unpaired) electrons. The van der Waals surface area contributed by atoms with Gasteiger partial charge in [0.1, 0.15) is 0 Å². The van der Waals surface area contributed by atoms with Gasteiger partial charge < -0.3 is 10.1 Å². The van der Waals surface area contributed by atoms with Crippen molar-refractivity contribution in [2.75, 3.05) is 13.2 Å². The molecule has 1 aromatic rings. The van der Waals surface area contributed by atoms with Gasteiger partial charge in [-0.25, -0.2) is 0 Å². The average molecular weight is 191 g/mol. The first-order valence-corrected chi connectivity index (χ1v) is 5.16. The standard InChI is InChI=1S/C12H17NO/c1-9-4-3-5-11(6-9)12-8-14-7-10(2)13-12/h3-6,10,12-13H,7-8H2,1-2H3. The van der Waals surface area contributed by atoms with E-state index in [-0.39, 0.29) is 0 Å². The lowest BCUT2D eigenvalue weighted by atomic mass is 10.0. The molecule has 14 heavy (non-hydrogen) atoms. The molecule has 1 aliphatic rings. The van der Waals surface area contributed by atoms with Crippen molar-refractivity contribution in [3.63, 3.8) is 0 Å². The second-order valence-electron chi connectivity index (χ2n) is 4.07. The van der Waals surface area contributed by atoms with E-state index in [1.54, 1.807) is 0 Å². The van der Waals surface area contributed by atoms with Crippen LogP contribution < -0.4 is 5.32 Å². The second kappa shape index (κ2) is 4.11. The Morgan fingerprint density at radius 3 is 2.93 bits per heavy atom. The zero-order valence-electron chi connectivity index (χ0n) is 8.79. The fourth-order valence-electron chi connectivity index (χ4n) is 1.88. The molecule has 2 atom stereocenters. The number of hydrogen-bond acceptors (Lipinski definition) is 2. The van der Waals surface area contributed by atoms with Gasteiger partial charge in [-0.1, -0.05) is 29.8 Å². The molecule has 1 saturated heterocycles. The number of aryl methyl sites for hydroxylation is 1. The van der Waals surface area contributed by atoms with Crippen molar-refractivity contribution >= 4 is 0 Å². The average Bonchev–Trinajstić information content (AvgIpc) is 2.18. The van der Waals surface area contributed by atoms with E-state index in [1.807, 2.05) is 0 Å². The fraction of sp³-hybridized carbons (Fsp3) is 0.500. The van der Waals surface area contributed by atoms with Crippen molar-refractivity contribution in [3.05, 3.63) is 35.4 Å². The number of nitrogens with one attached hydrogen (secondary N) is 1. The SMILES string of the molecule is Cc1cccc(C2COCC(C)N2)c1. The summed E-state index contributed by atoms with van der Waals surface area (Å²) in [6.45, 7) is 5.88. The first-order valence-electron chi connectivity index (χ1n) is 5.16. The lowest BCUT2D eigenvalue weighted by Crippen LogP contribution is -2.41. The molecule has 1 heterocycles. The van der Waals surface area contributed by atoms with Gasteiger partial charge in [0.2, 0.25) is 0 Å². The summed E-state index contributed by atoms with van der Waals surface area (Å²) in [5.74, 6) is 0. The maximum atomic E-state index is 5.53. The zero-order chi connectivity index (χ0) is 9.97. The Bertz CT molecular complexity index is 311. The van der Waals surface area contributed by atoms with Crippen LogP contribution in [0.25, 0.3) is 0 Å². The number of morpholine rings is 1. The summed E-state index contributed by atoms with van der Waals surface area (Å²) in [5.41, 5.74) is 2.64. The van der Waals surface area contributed by atoms with E-state index in [0.29, 0.717) is 12.1 Å². The van der Waals surface area contributed by atoms with E-state index >= 15 is 0 Å². The molecule has 0 saturated carbocycles. The number of ether oxygens (including phenoxy) is 1. The van der Waals surface area contributed by atoms with Crippen LogP contribution in [0.1, 0.15) is 24.1 Å². The monoisotopic (exact) mass is 191 g/mol. The summed E-state index contributed by atoms with van der Waals surface area (Å²) in [7, 11) is 0. The molecule has 0 spiro atoms. The maximum Gasteiger partial charge on any atom is 0.0662 e. The van der Waals surface area contributed by atoms with Crippen LogP contribution in [0.5, 0.6) is 0 Å². The van der Waals surface area contributed by atoms with Crippen LogP contribution in [0.4, 0.5) is 0 Å². The summed E-state index contributed by atoms with van der Waals surface area (Å²) >= 11 is 0. The molecule has 0 aliphatic carbocycles. The predicted octanol–water partition coefficient (Wildman–Crippen LogP) is 2.04. The van der Waals surface area contributed by atoms with Crippen molar-refractivity contribution < 1.29 is 4.74 Å². The predicted molar refractivity (Wildman–Crippen MR) is 57.3 cm³/mol. The number of benzene rings is 1. The van der Waals surface area contributed by atoms with Crippen LogP contribution in [0.3, 0.4) is 0 Å². The first kappa shape index (κ1) is 9.69. The van der Waals surface area contributed by atoms with Gasteiger partial charge in [0.25, 0.3) is 0 Å². The summed E-state index contributed by atoms with van der Waals surface area (Å²) < 4.78 is 5.53. The van der Waals surface area contributed by atoms with Crippen LogP contribution in [0.15, 0.2) is 24.3 Å². The van der Waals surface area contributed by atoms with Gasteiger partial charge in [0.05, 0.1) is 19.3 Å². The smallest absolute Gasteiger partial charge is 0.0662 e. The Morgan fingerprint density at radius 2 is 2.21 bits per heavy atom. The van der Waals surface area contributed by atoms with Crippen LogP contribution in [0.2, 0.25) is 0 Å². The Hall–Kier alpha value is -0.860. The molecule has 76 valence electrons. The third-order valence-corrected chi connectivity index (χ3v) is 2.58. The molecule has 0 aromatic heterocycles. The molecule has 1 fully saturated rings. The summed E-state index contributed by atoms with van der Waals surface area (Å²) in [4.78, 5) is 0. The van der Waals surface area contributed by atoms with Gasteiger partial charge in [-0.05, 0) is 19.4 Å². The van der Waals surface area contributed by atoms with Crippen LogP contribution in [-0.2, 0) is 4.74 Å². The van der Waals surface area contributed by atoms with Gasteiger partial charge >= 0.3 is 0 Å². The first-order chi connectivity index (χ1) is 6.75. The molecule has 0 bridgehead atoms. The fourth-order valence-corrected chi connectivity index (χ4v) is 1.88. The highest BCUT2D eigenvalue weighted by molar-refractivity contribution is 5.25. The number of rotatable bonds is 1. The molecular weight excluding hydrogens is 174 g/mol. The summed E-state index contributed by atoms with van der Waals surface area (Å²) in [5, 5.41) is 3.53. The summed E-state index contributed by atoms with van der Waals surface area (Å²) in [6, 6.07) is 9.42. The zero-order valence-corrected chi connectivity index (χ0v) is 8.79. The Labute approximate surface area is 85.3 Å². The minimum Gasteiger partial charge on any atom is -0.378 e. The van der Waals surface area contributed by atoms with Gasteiger partial charge in [-0.2, -0.15) is 0 Å². The third-order valence-electron chi connectivity index (χ3n) is 2.58. The highest BCUT2D eigenvalue weighted by atomic mass is 16.5. The second-order valence-corrected chi connectivity index (χ2v) is 4.07. The van der Waals surface area contributed by atoms with Gasteiger partial charge in [0.15, 0.2) is 0 Å². The van der Waals surface area contributed by atoms with Gasteiger partial charge in [-0.3, -0.25) is 0 Å². The van der Waals surface area contributed by atoms with Gasteiger partial charge in [0, 0.05) is 6.04 Å². The highest BCUT2D eigenvalue weighted by Gasteiger charge is 2.19. The minimum atomic E-state index is 0.360. The topological polar surface area (TPSA) is 21.3 Å². The molecule has 2 nitrogen and oxygen atoms in total. The molecule has 2 unspecified atom stereocenters. The van der Waals surface area contributed by atoms with Crippen molar-refractivity contribution in [1.29, 1.82) is 0 Å².